The highest BCUT2D eigenvalue weighted by Crippen LogP contribution is 2.26. The van der Waals surface area contributed by atoms with E-state index in [0.29, 0.717) is 38.3 Å². The van der Waals surface area contributed by atoms with E-state index in [0.717, 1.165) is 39.8 Å². The van der Waals surface area contributed by atoms with Gasteiger partial charge in [-0.3, -0.25) is 4.79 Å². The lowest BCUT2D eigenvalue weighted by atomic mass is 10.0. The topological polar surface area (TPSA) is 80.6 Å². The van der Waals surface area contributed by atoms with E-state index in [4.69, 9.17) is 9.72 Å². The average Bonchev–Trinajstić information content (AvgIpc) is 3.46. The lowest BCUT2D eigenvalue weighted by Gasteiger charge is -2.34. The second kappa shape index (κ2) is 10.2. The van der Waals surface area contributed by atoms with Crippen molar-refractivity contribution in [1.29, 1.82) is 0 Å². The summed E-state index contributed by atoms with van der Waals surface area (Å²) >= 11 is 0. The maximum absolute atomic E-state index is 13.2. The number of hydrogen-bond acceptors (Lipinski definition) is 5. The standard InChI is InChI=1S/C28H29N5O3/c1-3-17-36-28(35)32-15-13-31(14-16-32)27(34)22-7-10-24-20(2)18-25(30-26(24)19-22)21-5-8-23(9-6-21)33-12-4-11-29-33/h4-12,18-19H,3,13-17H2,1-2H3. The fourth-order valence-electron chi connectivity index (χ4n) is 4.45. The summed E-state index contributed by atoms with van der Waals surface area (Å²) in [4.78, 5) is 33.7. The highest BCUT2D eigenvalue weighted by molar-refractivity contribution is 5.98. The molecular formula is C28H29N5O3. The number of aromatic nitrogens is 3. The summed E-state index contributed by atoms with van der Waals surface area (Å²) in [5, 5.41) is 5.29. The molecule has 8 heteroatoms. The molecular weight excluding hydrogens is 454 g/mol. The van der Waals surface area contributed by atoms with Gasteiger partial charge in [-0.2, -0.15) is 5.10 Å². The van der Waals surface area contributed by atoms with Crippen molar-refractivity contribution in [1.82, 2.24) is 24.6 Å². The molecule has 0 saturated carbocycles. The van der Waals surface area contributed by atoms with Crippen LogP contribution in [0.4, 0.5) is 4.79 Å². The molecule has 1 aliphatic rings. The molecule has 5 rings (SSSR count). The van der Waals surface area contributed by atoms with E-state index in [9.17, 15) is 9.59 Å². The molecule has 2 aromatic heterocycles. The third-order valence-corrected chi connectivity index (χ3v) is 6.45. The summed E-state index contributed by atoms with van der Waals surface area (Å²) in [5.74, 6) is -0.0492. The molecule has 0 aliphatic carbocycles. The van der Waals surface area contributed by atoms with Gasteiger partial charge in [-0.25, -0.2) is 14.5 Å². The van der Waals surface area contributed by atoms with Crippen LogP contribution in [0.15, 0.2) is 67.0 Å². The van der Waals surface area contributed by atoms with Gasteiger partial charge in [0.15, 0.2) is 0 Å². The Bertz CT molecular complexity index is 1370. The predicted molar refractivity (Wildman–Crippen MR) is 138 cm³/mol. The van der Waals surface area contributed by atoms with Crippen molar-refractivity contribution in [2.24, 2.45) is 0 Å². The molecule has 0 unspecified atom stereocenters. The van der Waals surface area contributed by atoms with E-state index < -0.39 is 0 Å². The first-order valence-electron chi connectivity index (χ1n) is 12.3. The molecule has 0 N–H and O–H groups in total. The molecule has 2 aromatic carbocycles. The van der Waals surface area contributed by atoms with Crippen molar-refractivity contribution in [3.05, 3.63) is 78.1 Å². The van der Waals surface area contributed by atoms with E-state index in [2.05, 4.69) is 18.1 Å². The molecule has 1 fully saturated rings. The summed E-state index contributed by atoms with van der Waals surface area (Å²) in [5.41, 5.74) is 5.32. The minimum atomic E-state index is -0.306. The van der Waals surface area contributed by atoms with Gasteiger partial charge in [-0.15, -0.1) is 0 Å². The first-order chi connectivity index (χ1) is 17.5. The Balaban J connectivity index is 1.34. The van der Waals surface area contributed by atoms with Gasteiger partial charge >= 0.3 is 6.09 Å². The van der Waals surface area contributed by atoms with Gasteiger partial charge < -0.3 is 14.5 Å². The van der Waals surface area contributed by atoms with Crippen LogP contribution in [0.3, 0.4) is 0 Å². The zero-order valence-corrected chi connectivity index (χ0v) is 20.6. The number of pyridine rings is 1. The highest BCUT2D eigenvalue weighted by Gasteiger charge is 2.26. The summed E-state index contributed by atoms with van der Waals surface area (Å²) in [7, 11) is 0. The molecule has 0 atom stereocenters. The number of amides is 2. The molecule has 2 amide bonds. The number of nitrogens with zero attached hydrogens (tertiary/aromatic N) is 5. The van der Waals surface area contributed by atoms with Crippen LogP contribution in [0.5, 0.6) is 0 Å². The molecule has 0 radical (unpaired) electrons. The van der Waals surface area contributed by atoms with E-state index in [-0.39, 0.29) is 12.0 Å². The summed E-state index contributed by atoms with van der Waals surface area (Å²) in [6.45, 7) is 6.34. The lowest BCUT2D eigenvalue weighted by Crippen LogP contribution is -2.50. The summed E-state index contributed by atoms with van der Waals surface area (Å²) in [6.07, 6.45) is 4.14. The maximum Gasteiger partial charge on any atom is 0.409 e. The van der Waals surface area contributed by atoms with Crippen LogP contribution < -0.4 is 0 Å². The summed E-state index contributed by atoms with van der Waals surface area (Å²) < 4.78 is 7.03. The first kappa shape index (κ1) is 23.5. The van der Waals surface area contributed by atoms with Crippen LogP contribution in [0.25, 0.3) is 27.8 Å². The number of carbonyl (C=O) groups excluding carboxylic acids is 2. The number of fused-ring (bicyclic) bond motifs is 1. The van der Waals surface area contributed by atoms with Crippen molar-refractivity contribution in [2.75, 3.05) is 32.8 Å². The highest BCUT2D eigenvalue weighted by atomic mass is 16.6. The third kappa shape index (κ3) is 4.79. The van der Waals surface area contributed by atoms with E-state index >= 15 is 0 Å². The number of rotatable bonds is 5. The Morgan fingerprint density at radius 3 is 2.42 bits per heavy atom. The Morgan fingerprint density at radius 1 is 0.972 bits per heavy atom. The van der Waals surface area contributed by atoms with E-state index in [1.807, 2.05) is 66.3 Å². The van der Waals surface area contributed by atoms with Crippen LogP contribution in [-0.2, 0) is 4.74 Å². The van der Waals surface area contributed by atoms with Crippen LogP contribution in [-0.4, -0.2) is 69.4 Å². The molecule has 184 valence electrons. The fourth-order valence-corrected chi connectivity index (χ4v) is 4.45. The maximum atomic E-state index is 13.2. The van der Waals surface area contributed by atoms with E-state index in [1.165, 1.54) is 0 Å². The molecule has 8 nitrogen and oxygen atoms in total. The van der Waals surface area contributed by atoms with Crippen molar-refractivity contribution in [3.63, 3.8) is 0 Å². The number of ether oxygens (including phenoxy) is 1. The molecule has 0 spiro atoms. The van der Waals surface area contributed by atoms with Gasteiger partial charge in [-0.1, -0.05) is 25.1 Å². The molecule has 4 aromatic rings. The van der Waals surface area contributed by atoms with Gasteiger partial charge in [0.1, 0.15) is 0 Å². The number of aryl methyl sites for hydroxylation is 1. The van der Waals surface area contributed by atoms with Crippen molar-refractivity contribution in [3.8, 4) is 16.9 Å². The van der Waals surface area contributed by atoms with Gasteiger partial charge in [-0.05, 0) is 55.3 Å². The number of hydrogen-bond donors (Lipinski definition) is 0. The molecule has 0 bridgehead atoms. The predicted octanol–water partition coefficient (Wildman–Crippen LogP) is 4.70. The van der Waals surface area contributed by atoms with Gasteiger partial charge in [0.2, 0.25) is 0 Å². The molecule has 1 aliphatic heterocycles. The summed E-state index contributed by atoms with van der Waals surface area (Å²) in [6, 6.07) is 17.8. The van der Waals surface area contributed by atoms with Gasteiger partial charge in [0.25, 0.3) is 5.91 Å². The van der Waals surface area contributed by atoms with Crippen LogP contribution >= 0.6 is 0 Å². The van der Waals surface area contributed by atoms with Crippen LogP contribution in [0, 0.1) is 6.92 Å². The van der Waals surface area contributed by atoms with Crippen LogP contribution in [0.1, 0.15) is 29.3 Å². The Kier molecular flexibility index (Phi) is 6.66. The second-order valence-corrected chi connectivity index (χ2v) is 8.95. The van der Waals surface area contributed by atoms with Crippen molar-refractivity contribution >= 4 is 22.9 Å². The number of carbonyl (C=O) groups is 2. The van der Waals surface area contributed by atoms with E-state index in [1.54, 1.807) is 16.0 Å². The third-order valence-electron chi connectivity index (χ3n) is 6.45. The smallest absolute Gasteiger partial charge is 0.409 e. The second-order valence-electron chi connectivity index (χ2n) is 8.95. The number of benzene rings is 2. The minimum absolute atomic E-state index is 0.0492. The SMILES string of the molecule is CCCOC(=O)N1CCN(C(=O)c2ccc3c(C)cc(-c4ccc(-n5cccn5)cc4)nc3c2)CC1. The lowest BCUT2D eigenvalue weighted by molar-refractivity contribution is 0.0560. The van der Waals surface area contributed by atoms with Crippen molar-refractivity contribution < 1.29 is 14.3 Å². The monoisotopic (exact) mass is 483 g/mol. The average molecular weight is 484 g/mol. The fraction of sp³-hybridized carbons (Fsp3) is 0.286. The Hall–Kier alpha value is -4.20. The zero-order valence-electron chi connectivity index (χ0n) is 20.6. The quantitative estimate of drug-likeness (QED) is 0.411. The molecule has 1 saturated heterocycles. The molecule has 36 heavy (non-hydrogen) atoms. The molecule has 3 heterocycles. The normalized spacial score (nSPS) is 13.7. The van der Waals surface area contributed by atoms with Gasteiger partial charge in [0.05, 0.1) is 23.5 Å². The largest absolute Gasteiger partial charge is 0.449 e. The number of piperazine rings is 1. The van der Waals surface area contributed by atoms with Crippen molar-refractivity contribution in [2.45, 2.75) is 20.3 Å². The van der Waals surface area contributed by atoms with Crippen LogP contribution in [0.2, 0.25) is 0 Å². The Morgan fingerprint density at radius 2 is 1.72 bits per heavy atom. The zero-order chi connectivity index (χ0) is 25.1. The first-order valence-corrected chi connectivity index (χ1v) is 12.3. The Labute approximate surface area is 210 Å². The minimum Gasteiger partial charge on any atom is -0.449 e. The van der Waals surface area contributed by atoms with Gasteiger partial charge in [0, 0.05) is 55.1 Å².